The molecule has 0 bridgehead atoms. The molecule has 2 rings (SSSR count). The van der Waals surface area contributed by atoms with Gasteiger partial charge in [-0.05, 0) is 29.6 Å². The van der Waals surface area contributed by atoms with E-state index in [-0.39, 0.29) is 61.7 Å². The van der Waals surface area contributed by atoms with Crippen LogP contribution in [0.5, 0.6) is 0 Å². The summed E-state index contributed by atoms with van der Waals surface area (Å²) in [6, 6.07) is 0. The molecule has 53 heavy (non-hydrogen) atoms. The molecule has 16 heteroatoms. The van der Waals surface area contributed by atoms with E-state index in [1.807, 2.05) is 0 Å². The van der Waals surface area contributed by atoms with Crippen molar-refractivity contribution >= 4 is 29.8 Å². The highest BCUT2D eigenvalue weighted by molar-refractivity contribution is 5.72. The highest BCUT2D eigenvalue weighted by atomic mass is 16.8. The van der Waals surface area contributed by atoms with Gasteiger partial charge in [0, 0.05) is 32.1 Å². The Morgan fingerprint density at radius 1 is 0.509 bits per heavy atom. The van der Waals surface area contributed by atoms with E-state index >= 15 is 0 Å². The molecule has 2 aliphatic rings. The molecular weight excluding hydrogens is 700 g/mol. The number of aliphatic hydroxyl groups is 3. The third kappa shape index (κ3) is 14.0. The highest BCUT2D eigenvalue weighted by Gasteiger charge is 2.64. The van der Waals surface area contributed by atoms with Crippen molar-refractivity contribution < 1.29 is 77.2 Å². The summed E-state index contributed by atoms with van der Waals surface area (Å²) in [5, 5.41) is 31.9. The van der Waals surface area contributed by atoms with Gasteiger partial charge in [-0.25, -0.2) is 0 Å². The lowest BCUT2D eigenvalue weighted by molar-refractivity contribution is -0.384. The normalized spacial score (nSPS) is 28.8. The van der Waals surface area contributed by atoms with Crippen LogP contribution >= 0.6 is 0 Å². The fourth-order valence-electron chi connectivity index (χ4n) is 5.91. The number of rotatable bonds is 20. The molecule has 2 heterocycles. The third-order valence-electron chi connectivity index (χ3n) is 8.14. The second-order valence-electron chi connectivity index (χ2n) is 15.9. The maximum absolute atomic E-state index is 13.3. The topological polar surface area (TPSA) is 220 Å². The van der Waals surface area contributed by atoms with Gasteiger partial charge in [-0.3, -0.25) is 24.0 Å². The minimum atomic E-state index is -2.44. The molecule has 0 unspecified atom stereocenters. The molecule has 16 nitrogen and oxygen atoms in total. The van der Waals surface area contributed by atoms with E-state index in [0.29, 0.717) is 0 Å². The second-order valence-corrected chi connectivity index (χ2v) is 15.9. The van der Waals surface area contributed by atoms with Gasteiger partial charge in [0.05, 0.1) is 13.2 Å². The summed E-state index contributed by atoms with van der Waals surface area (Å²) in [5.41, 5.74) is 0. The minimum Gasteiger partial charge on any atom is -0.455 e. The first kappa shape index (κ1) is 46.3. The van der Waals surface area contributed by atoms with Crippen molar-refractivity contribution in [1.82, 2.24) is 0 Å². The molecule has 0 radical (unpaired) electrons. The Hall–Kier alpha value is -2.89. The van der Waals surface area contributed by atoms with Crippen LogP contribution in [0, 0.1) is 29.6 Å². The first-order valence-corrected chi connectivity index (χ1v) is 18.6. The van der Waals surface area contributed by atoms with E-state index in [2.05, 4.69) is 0 Å². The van der Waals surface area contributed by atoms with Crippen LogP contribution in [0.15, 0.2) is 0 Å². The maximum Gasteiger partial charge on any atom is 0.306 e. The molecule has 0 saturated carbocycles. The van der Waals surface area contributed by atoms with Crippen molar-refractivity contribution in [2.75, 3.05) is 19.8 Å². The van der Waals surface area contributed by atoms with Gasteiger partial charge >= 0.3 is 29.8 Å². The second kappa shape index (κ2) is 21.3. The smallest absolute Gasteiger partial charge is 0.306 e. The molecule has 2 aliphatic heterocycles. The molecule has 0 aliphatic carbocycles. The summed E-state index contributed by atoms with van der Waals surface area (Å²) < 4.78 is 47.3. The zero-order valence-corrected chi connectivity index (χ0v) is 32.8. The van der Waals surface area contributed by atoms with Gasteiger partial charge in [0.25, 0.3) is 0 Å². The van der Waals surface area contributed by atoms with Crippen LogP contribution in [0.3, 0.4) is 0 Å². The monoisotopic (exact) mass is 762 g/mol. The fraction of sp³-hybridized carbons (Fsp3) is 0.865. The van der Waals surface area contributed by atoms with Crippen molar-refractivity contribution in [1.29, 1.82) is 0 Å². The lowest BCUT2D eigenvalue weighted by atomic mass is 9.97. The predicted octanol–water partition coefficient (Wildman–Crippen LogP) is 2.59. The minimum absolute atomic E-state index is 0.0353. The SMILES string of the molecule is CC(C)CC(=O)O[C@@H]1[C@@H](OC(=O)CC(C)C)[C@@H](O[C@]2(CO)O[C@H](CO)[C@@H](OC(=O)CC(C)C)[C@@H]2OC(=O)CC(C)C)O[C@H](CO)[C@H]1OC(=O)CC(C)C. The van der Waals surface area contributed by atoms with Crippen LogP contribution < -0.4 is 0 Å². The van der Waals surface area contributed by atoms with Gasteiger partial charge in [0.15, 0.2) is 30.5 Å². The summed E-state index contributed by atoms with van der Waals surface area (Å²) in [4.78, 5) is 65.6. The zero-order valence-electron chi connectivity index (χ0n) is 32.8. The standard InChI is InChI=1S/C37H62O16/c1-19(2)11-26(41)47-31-24(16-38)46-36(34(50-29(44)14-22(7)8)33(31)49-28(43)13-21(5)6)53-37(18-40)35(51-30(45)15-23(9)10)32(25(17-39)52-37)48-27(42)12-20(3)4/h19-25,31-36,38-40H,11-18H2,1-10H3/t24-,25-,31-,32-,33+,34-,35+,36-,37+/m1/s1. The lowest BCUT2D eigenvalue weighted by Gasteiger charge is -2.46. The van der Waals surface area contributed by atoms with Gasteiger partial charge in [-0.1, -0.05) is 69.2 Å². The van der Waals surface area contributed by atoms with Crippen LogP contribution in [-0.2, 0) is 61.9 Å². The summed E-state index contributed by atoms with van der Waals surface area (Å²) in [7, 11) is 0. The molecule has 0 amide bonds. The first-order chi connectivity index (χ1) is 24.7. The van der Waals surface area contributed by atoms with Gasteiger partial charge in [0.1, 0.15) is 18.8 Å². The number of ether oxygens (including phenoxy) is 8. The summed E-state index contributed by atoms with van der Waals surface area (Å²) in [6.45, 7) is 15.1. The molecule has 2 saturated heterocycles. The Morgan fingerprint density at radius 3 is 1.25 bits per heavy atom. The Bertz CT molecular complexity index is 1200. The Kier molecular flexibility index (Phi) is 18.6. The number of hydrogen-bond donors (Lipinski definition) is 3. The first-order valence-electron chi connectivity index (χ1n) is 18.6. The van der Waals surface area contributed by atoms with Crippen LogP contribution in [0.25, 0.3) is 0 Å². The van der Waals surface area contributed by atoms with E-state index in [9.17, 15) is 39.3 Å². The van der Waals surface area contributed by atoms with Gasteiger partial charge < -0.3 is 53.2 Å². The van der Waals surface area contributed by atoms with Gasteiger partial charge in [-0.15, -0.1) is 0 Å². The van der Waals surface area contributed by atoms with Crippen LogP contribution in [0.1, 0.15) is 101 Å². The molecule has 306 valence electrons. The number of hydrogen-bond acceptors (Lipinski definition) is 16. The average molecular weight is 763 g/mol. The van der Waals surface area contributed by atoms with E-state index in [0.717, 1.165) is 0 Å². The Morgan fingerprint density at radius 2 is 0.868 bits per heavy atom. The summed E-state index contributed by atoms with van der Waals surface area (Å²) >= 11 is 0. The van der Waals surface area contributed by atoms with E-state index in [1.54, 1.807) is 69.2 Å². The van der Waals surface area contributed by atoms with Crippen molar-refractivity contribution in [3.05, 3.63) is 0 Å². The summed E-state index contributed by atoms with van der Waals surface area (Å²) in [6.07, 6.45) is -13.1. The lowest BCUT2D eigenvalue weighted by Crippen LogP contribution is -2.65. The third-order valence-corrected chi connectivity index (χ3v) is 8.14. The number of carbonyl (C=O) groups is 5. The molecule has 0 spiro atoms. The highest BCUT2D eigenvalue weighted by Crippen LogP contribution is 2.41. The van der Waals surface area contributed by atoms with Crippen molar-refractivity contribution in [3.63, 3.8) is 0 Å². The molecule has 0 aromatic heterocycles. The van der Waals surface area contributed by atoms with Crippen LogP contribution in [-0.4, -0.2) is 120 Å². The molecule has 0 aromatic carbocycles. The molecule has 9 atom stereocenters. The van der Waals surface area contributed by atoms with Crippen LogP contribution in [0.2, 0.25) is 0 Å². The summed E-state index contributed by atoms with van der Waals surface area (Å²) in [5.74, 6) is -6.91. The number of esters is 5. The van der Waals surface area contributed by atoms with E-state index < -0.39 is 104 Å². The Balaban J connectivity index is 2.75. The van der Waals surface area contributed by atoms with Crippen molar-refractivity contribution in [3.8, 4) is 0 Å². The van der Waals surface area contributed by atoms with Crippen LogP contribution in [0.4, 0.5) is 0 Å². The fourth-order valence-corrected chi connectivity index (χ4v) is 5.91. The average Bonchev–Trinajstić information content (AvgIpc) is 3.29. The predicted molar refractivity (Wildman–Crippen MR) is 185 cm³/mol. The van der Waals surface area contributed by atoms with Crippen molar-refractivity contribution in [2.45, 2.75) is 156 Å². The number of aliphatic hydroxyl groups excluding tert-OH is 3. The zero-order chi connectivity index (χ0) is 40.2. The van der Waals surface area contributed by atoms with Gasteiger partial charge in [0.2, 0.25) is 12.1 Å². The Labute approximate surface area is 312 Å². The quantitative estimate of drug-likeness (QED) is 0.120. The number of carbonyl (C=O) groups excluding carboxylic acids is 5. The van der Waals surface area contributed by atoms with Gasteiger partial charge in [-0.2, -0.15) is 0 Å². The molecule has 2 fully saturated rings. The molecule has 3 N–H and O–H groups in total. The van der Waals surface area contributed by atoms with Crippen molar-refractivity contribution in [2.24, 2.45) is 29.6 Å². The maximum atomic E-state index is 13.3. The molecule has 0 aromatic rings. The molecular formula is C37H62O16. The largest absolute Gasteiger partial charge is 0.455 e. The van der Waals surface area contributed by atoms with E-state index in [4.69, 9.17) is 37.9 Å². The van der Waals surface area contributed by atoms with E-state index in [1.165, 1.54) is 0 Å².